The van der Waals surface area contributed by atoms with Crippen LogP contribution in [0.3, 0.4) is 0 Å². The molecule has 31 heavy (non-hydrogen) atoms. The van der Waals surface area contributed by atoms with E-state index in [1.54, 1.807) is 25.4 Å². The lowest BCUT2D eigenvalue weighted by Crippen LogP contribution is -2.32. The Balaban J connectivity index is 1.98. The average Bonchev–Trinajstić information content (AvgIpc) is 2.77. The van der Waals surface area contributed by atoms with E-state index in [-0.39, 0.29) is 17.0 Å². The van der Waals surface area contributed by atoms with Crippen LogP contribution in [-0.2, 0) is 16.6 Å². The third-order valence-electron chi connectivity index (χ3n) is 4.99. The first-order chi connectivity index (χ1) is 14.9. The molecule has 3 aromatic rings. The molecule has 0 atom stereocenters. The number of nitrogens with one attached hydrogen (secondary N) is 2. The maximum Gasteiger partial charge on any atom is 0.252 e. The number of sulfonamides is 1. The zero-order valence-corrected chi connectivity index (χ0v) is 18.4. The molecule has 0 aliphatic carbocycles. The topological polar surface area (TPSA) is 112 Å². The standard InChI is InChI=1S/C22H26N4O4S/c1-3-5-11-26(4-2)31(29,30)17-8-9-20-18(12-17)19(13-21(27)25-20)22(28)24-15-16-7-6-10-23-14-16/h6-10,12-14H,3-5,11,15H2,1-2H3,(H,24,28)(H,25,27). The minimum Gasteiger partial charge on any atom is -0.348 e. The molecule has 0 unspecified atom stereocenters. The van der Waals surface area contributed by atoms with Gasteiger partial charge < -0.3 is 10.3 Å². The van der Waals surface area contributed by atoms with E-state index in [0.29, 0.717) is 24.0 Å². The van der Waals surface area contributed by atoms with Gasteiger partial charge in [0.1, 0.15) is 0 Å². The number of pyridine rings is 2. The number of benzene rings is 1. The second-order valence-electron chi connectivity index (χ2n) is 7.15. The number of nitrogens with zero attached hydrogens (tertiary/aromatic N) is 2. The largest absolute Gasteiger partial charge is 0.348 e. The minimum atomic E-state index is -3.72. The van der Waals surface area contributed by atoms with Gasteiger partial charge in [-0.3, -0.25) is 14.6 Å². The predicted molar refractivity (Wildman–Crippen MR) is 119 cm³/mol. The Kier molecular flexibility index (Phi) is 7.19. The van der Waals surface area contributed by atoms with E-state index in [9.17, 15) is 18.0 Å². The van der Waals surface area contributed by atoms with Crippen molar-refractivity contribution in [1.29, 1.82) is 0 Å². The second-order valence-corrected chi connectivity index (χ2v) is 9.09. The normalized spacial score (nSPS) is 11.7. The Morgan fingerprint density at radius 2 is 2.00 bits per heavy atom. The van der Waals surface area contributed by atoms with Crippen LogP contribution in [0.5, 0.6) is 0 Å². The van der Waals surface area contributed by atoms with Gasteiger partial charge in [-0.05, 0) is 36.2 Å². The molecule has 1 aromatic carbocycles. The van der Waals surface area contributed by atoms with Crippen molar-refractivity contribution in [1.82, 2.24) is 19.6 Å². The molecule has 9 heteroatoms. The van der Waals surface area contributed by atoms with Crippen molar-refractivity contribution in [3.63, 3.8) is 0 Å². The Morgan fingerprint density at radius 3 is 2.68 bits per heavy atom. The van der Waals surface area contributed by atoms with Crippen LogP contribution in [-0.4, -0.2) is 41.7 Å². The molecule has 2 N–H and O–H groups in total. The highest BCUT2D eigenvalue weighted by Gasteiger charge is 2.24. The highest BCUT2D eigenvalue weighted by Crippen LogP contribution is 2.23. The monoisotopic (exact) mass is 442 g/mol. The second kappa shape index (κ2) is 9.84. The van der Waals surface area contributed by atoms with Crippen molar-refractivity contribution in [2.24, 2.45) is 0 Å². The number of aromatic amines is 1. The first-order valence-electron chi connectivity index (χ1n) is 10.2. The van der Waals surface area contributed by atoms with Crippen LogP contribution < -0.4 is 10.9 Å². The van der Waals surface area contributed by atoms with E-state index in [1.807, 2.05) is 13.0 Å². The van der Waals surface area contributed by atoms with Gasteiger partial charge in [-0.1, -0.05) is 26.3 Å². The van der Waals surface area contributed by atoms with Crippen molar-refractivity contribution in [2.75, 3.05) is 13.1 Å². The van der Waals surface area contributed by atoms with Gasteiger partial charge in [0.05, 0.1) is 10.5 Å². The number of fused-ring (bicyclic) bond motifs is 1. The highest BCUT2D eigenvalue weighted by atomic mass is 32.2. The average molecular weight is 443 g/mol. The van der Waals surface area contributed by atoms with Gasteiger partial charge in [0.25, 0.3) is 5.91 Å². The molecule has 0 bridgehead atoms. The molecule has 0 spiro atoms. The molecule has 0 fully saturated rings. The smallest absolute Gasteiger partial charge is 0.252 e. The van der Waals surface area contributed by atoms with Crippen molar-refractivity contribution < 1.29 is 13.2 Å². The van der Waals surface area contributed by atoms with E-state index >= 15 is 0 Å². The number of unbranched alkanes of at least 4 members (excludes halogenated alkanes) is 1. The van der Waals surface area contributed by atoms with Crippen LogP contribution in [0.25, 0.3) is 10.9 Å². The Hall–Kier alpha value is -3.04. The lowest BCUT2D eigenvalue weighted by Gasteiger charge is -2.20. The van der Waals surface area contributed by atoms with Gasteiger partial charge in [0.2, 0.25) is 15.6 Å². The molecule has 0 radical (unpaired) electrons. The van der Waals surface area contributed by atoms with E-state index in [2.05, 4.69) is 15.3 Å². The fourth-order valence-corrected chi connectivity index (χ4v) is 4.81. The number of hydrogen-bond donors (Lipinski definition) is 2. The Morgan fingerprint density at radius 1 is 1.19 bits per heavy atom. The minimum absolute atomic E-state index is 0.0892. The van der Waals surface area contributed by atoms with Crippen molar-refractivity contribution >= 4 is 26.8 Å². The van der Waals surface area contributed by atoms with E-state index in [0.717, 1.165) is 18.4 Å². The summed E-state index contributed by atoms with van der Waals surface area (Å²) in [5, 5.41) is 3.13. The number of carbonyl (C=O) groups is 1. The summed E-state index contributed by atoms with van der Waals surface area (Å²) in [5.74, 6) is -0.465. The zero-order chi connectivity index (χ0) is 22.4. The zero-order valence-electron chi connectivity index (χ0n) is 17.6. The maximum atomic E-state index is 13.1. The van der Waals surface area contributed by atoms with Gasteiger partial charge in [-0.25, -0.2) is 8.42 Å². The van der Waals surface area contributed by atoms with Crippen molar-refractivity contribution in [3.8, 4) is 0 Å². The first-order valence-corrected chi connectivity index (χ1v) is 11.6. The number of rotatable bonds is 9. The number of hydrogen-bond acceptors (Lipinski definition) is 5. The van der Waals surface area contributed by atoms with E-state index < -0.39 is 21.5 Å². The van der Waals surface area contributed by atoms with Gasteiger partial charge >= 0.3 is 0 Å². The molecule has 2 heterocycles. The summed E-state index contributed by atoms with van der Waals surface area (Å²) in [6.07, 6.45) is 4.91. The van der Waals surface area contributed by atoms with Crippen LogP contribution in [0.4, 0.5) is 0 Å². The molecular formula is C22H26N4O4S. The number of aromatic nitrogens is 2. The number of amides is 1. The summed E-state index contributed by atoms with van der Waals surface area (Å²) < 4.78 is 27.7. The van der Waals surface area contributed by atoms with Crippen LogP contribution in [0.1, 0.15) is 42.6 Å². The molecule has 1 amide bonds. The molecule has 3 rings (SSSR count). The Bertz CT molecular complexity index is 1220. The Labute approximate surface area is 181 Å². The fraction of sp³-hybridized carbons (Fsp3) is 0.318. The van der Waals surface area contributed by atoms with E-state index in [4.69, 9.17) is 0 Å². The van der Waals surface area contributed by atoms with Crippen LogP contribution in [0.15, 0.2) is 58.5 Å². The van der Waals surface area contributed by atoms with E-state index in [1.165, 1.54) is 28.6 Å². The van der Waals surface area contributed by atoms with Gasteiger partial charge in [0.15, 0.2) is 0 Å². The number of H-pyrrole nitrogens is 1. The summed E-state index contributed by atoms with van der Waals surface area (Å²) in [5.41, 5.74) is 0.890. The van der Waals surface area contributed by atoms with Crippen LogP contribution in [0.2, 0.25) is 0 Å². The quantitative estimate of drug-likeness (QED) is 0.529. The third kappa shape index (κ3) is 5.18. The van der Waals surface area contributed by atoms with Gasteiger partial charge in [0, 0.05) is 49.0 Å². The lowest BCUT2D eigenvalue weighted by atomic mass is 10.1. The molecule has 8 nitrogen and oxygen atoms in total. The van der Waals surface area contributed by atoms with Crippen LogP contribution >= 0.6 is 0 Å². The predicted octanol–water partition coefficient (Wildman–Crippen LogP) is 2.66. The molecule has 2 aromatic heterocycles. The number of carbonyl (C=O) groups excluding carboxylic acids is 1. The van der Waals surface area contributed by atoms with Gasteiger partial charge in [-0.2, -0.15) is 4.31 Å². The molecule has 164 valence electrons. The summed E-state index contributed by atoms with van der Waals surface area (Å²) in [4.78, 5) is 31.7. The summed E-state index contributed by atoms with van der Waals surface area (Å²) in [6, 6.07) is 9.21. The summed E-state index contributed by atoms with van der Waals surface area (Å²) in [6.45, 7) is 4.81. The first kappa shape index (κ1) is 22.6. The third-order valence-corrected chi connectivity index (χ3v) is 6.96. The molecule has 0 aliphatic rings. The van der Waals surface area contributed by atoms with Crippen LogP contribution in [0, 0.1) is 0 Å². The summed E-state index contributed by atoms with van der Waals surface area (Å²) >= 11 is 0. The SMILES string of the molecule is CCCCN(CC)S(=O)(=O)c1ccc2[nH]c(=O)cc(C(=O)NCc3cccnc3)c2c1. The maximum absolute atomic E-state index is 13.1. The van der Waals surface area contributed by atoms with Gasteiger partial charge in [-0.15, -0.1) is 0 Å². The fourth-order valence-electron chi connectivity index (χ4n) is 3.29. The molecule has 0 aliphatic heterocycles. The summed E-state index contributed by atoms with van der Waals surface area (Å²) in [7, 11) is -3.72. The lowest BCUT2D eigenvalue weighted by molar-refractivity contribution is 0.0952. The molecular weight excluding hydrogens is 416 g/mol. The molecule has 0 saturated heterocycles. The van der Waals surface area contributed by atoms with Crippen molar-refractivity contribution in [2.45, 2.75) is 38.1 Å². The molecule has 0 saturated carbocycles. The highest BCUT2D eigenvalue weighted by molar-refractivity contribution is 7.89. The van der Waals surface area contributed by atoms with Crippen molar-refractivity contribution in [3.05, 3.63) is 70.3 Å².